The highest BCUT2D eigenvalue weighted by Gasteiger charge is 2.12. The molecule has 1 rings (SSSR count). The molecule has 0 aliphatic heterocycles. The zero-order valence-corrected chi connectivity index (χ0v) is 11.0. The number of nitrogen functional groups attached to an aromatic ring is 1. The fraction of sp³-hybridized carbons (Fsp3) is 0.500. The van der Waals surface area contributed by atoms with Gasteiger partial charge in [0, 0.05) is 11.5 Å². The minimum absolute atomic E-state index is 0.0168. The second-order valence-electron chi connectivity index (χ2n) is 4.98. The number of hydrogen-bond donors (Lipinski definition) is 1. The van der Waals surface area contributed by atoms with Gasteiger partial charge in [-0.25, -0.2) is 0 Å². The average Bonchev–Trinajstić information content (AvgIpc) is 2.26. The van der Waals surface area contributed by atoms with Crippen molar-refractivity contribution in [3.05, 3.63) is 23.8 Å². The Morgan fingerprint density at radius 2 is 1.94 bits per heavy atom. The average molecular weight is 235 g/mol. The lowest BCUT2D eigenvalue weighted by molar-refractivity contribution is 0.0939. The second kappa shape index (κ2) is 5.71. The predicted molar refractivity (Wildman–Crippen MR) is 70.4 cm³/mol. The van der Waals surface area contributed by atoms with Crippen LogP contribution in [0.5, 0.6) is 5.75 Å². The quantitative estimate of drug-likeness (QED) is 0.630. The van der Waals surface area contributed by atoms with E-state index in [1.807, 2.05) is 13.8 Å². The molecule has 0 aromatic heterocycles. The summed E-state index contributed by atoms with van der Waals surface area (Å²) in [5.74, 6) is 1.19. The molecular formula is C14H21NO2. The fourth-order valence-electron chi connectivity index (χ4n) is 1.42. The highest BCUT2D eigenvalue weighted by molar-refractivity contribution is 5.98. The van der Waals surface area contributed by atoms with Crippen LogP contribution in [-0.2, 0) is 0 Å². The van der Waals surface area contributed by atoms with Crippen molar-refractivity contribution in [3.63, 3.8) is 0 Å². The number of carbonyl (C=O) groups is 1. The van der Waals surface area contributed by atoms with Gasteiger partial charge in [-0.1, -0.05) is 27.7 Å². The van der Waals surface area contributed by atoms with Crippen LogP contribution in [0.15, 0.2) is 18.2 Å². The van der Waals surface area contributed by atoms with Gasteiger partial charge in [0.2, 0.25) is 0 Å². The Morgan fingerprint density at radius 3 is 2.41 bits per heavy atom. The molecule has 0 fully saturated rings. The van der Waals surface area contributed by atoms with Crippen LogP contribution in [0.1, 0.15) is 38.1 Å². The van der Waals surface area contributed by atoms with Gasteiger partial charge in [-0.05, 0) is 24.1 Å². The summed E-state index contributed by atoms with van der Waals surface area (Å²) in [6.45, 7) is 8.53. The summed E-state index contributed by atoms with van der Waals surface area (Å²) in [6, 6.07) is 5.24. The van der Waals surface area contributed by atoms with E-state index in [0.717, 1.165) is 0 Å². The first kappa shape index (κ1) is 13.6. The van der Waals surface area contributed by atoms with Crippen molar-refractivity contribution in [3.8, 4) is 5.75 Å². The molecule has 0 spiro atoms. The zero-order chi connectivity index (χ0) is 13.0. The number of ether oxygens (including phenoxy) is 1. The van der Waals surface area contributed by atoms with E-state index in [4.69, 9.17) is 10.5 Å². The summed E-state index contributed by atoms with van der Waals surface area (Å²) in [7, 11) is 0. The Morgan fingerprint density at radius 1 is 1.29 bits per heavy atom. The van der Waals surface area contributed by atoms with Crippen LogP contribution in [0.25, 0.3) is 0 Å². The monoisotopic (exact) mass is 235 g/mol. The number of benzene rings is 1. The molecule has 3 nitrogen and oxygen atoms in total. The topological polar surface area (TPSA) is 52.3 Å². The van der Waals surface area contributed by atoms with E-state index >= 15 is 0 Å². The van der Waals surface area contributed by atoms with Crippen molar-refractivity contribution in [2.75, 3.05) is 12.3 Å². The van der Waals surface area contributed by atoms with Gasteiger partial charge in [0.1, 0.15) is 5.75 Å². The van der Waals surface area contributed by atoms with Crippen LogP contribution >= 0.6 is 0 Å². The summed E-state index contributed by atoms with van der Waals surface area (Å²) >= 11 is 0. The maximum absolute atomic E-state index is 11.8. The molecule has 0 saturated heterocycles. The predicted octanol–water partition coefficient (Wildman–Crippen LogP) is 3.14. The van der Waals surface area contributed by atoms with Gasteiger partial charge >= 0.3 is 0 Å². The normalized spacial score (nSPS) is 10.9. The lowest BCUT2D eigenvalue weighted by Crippen LogP contribution is -2.09. The summed E-state index contributed by atoms with van der Waals surface area (Å²) in [6.07, 6.45) is 0. The second-order valence-corrected chi connectivity index (χ2v) is 4.98. The van der Waals surface area contributed by atoms with Gasteiger partial charge in [0.15, 0.2) is 5.78 Å². The number of Topliss-reactive ketones (excluding diaryl/α,β-unsaturated/α-hetero) is 1. The zero-order valence-electron chi connectivity index (χ0n) is 11.0. The Balaban J connectivity index is 2.83. The third-order valence-electron chi connectivity index (χ3n) is 2.39. The third-order valence-corrected chi connectivity index (χ3v) is 2.39. The van der Waals surface area contributed by atoms with E-state index in [1.165, 1.54) is 0 Å². The van der Waals surface area contributed by atoms with Crippen LogP contribution < -0.4 is 10.5 Å². The number of anilines is 1. The molecule has 94 valence electrons. The van der Waals surface area contributed by atoms with Crippen molar-refractivity contribution in [2.45, 2.75) is 27.7 Å². The Bertz CT molecular complexity index is 397. The first-order valence-corrected chi connectivity index (χ1v) is 5.98. The van der Waals surface area contributed by atoms with Gasteiger partial charge in [-0.3, -0.25) is 4.79 Å². The summed E-state index contributed by atoms with van der Waals surface area (Å²) < 4.78 is 5.56. The fourth-order valence-corrected chi connectivity index (χ4v) is 1.42. The van der Waals surface area contributed by atoms with Gasteiger partial charge in [-0.2, -0.15) is 0 Å². The molecule has 2 N–H and O–H groups in total. The standard InChI is InChI=1S/C14H21NO2/c1-9(2)8-17-13-6-5-11(7-12(13)15)14(16)10(3)4/h5-7,9-10H,8,15H2,1-4H3. The van der Waals surface area contributed by atoms with E-state index in [9.17, 15) is 4.79 Å². The smallest absolute Gasteiger partial charge is 0.165 e. The van der Waals surface area contributed by atoms with Gasteiger partial charge < -0.3 is 10.5 Å². The first-order chi connectivity index (χ1) is 7.91. The van der Waals surface area contributed by atoms with E-state index in [-0.39, 0.29) is 11.7 Å². The molecule has 0 aliphatic rings. The summed E-state index contributed by atoms with van der Waals surface area (Å²) in [5.41, 5.74) is 7.04. The molecule has 0 unspecified atom stereocenters. The van der Waals surface area contributed by atoms with Crippen molar-refractivity contribution in [2.24, 2.45) is 11.8 Å². The molecule has 0 saturated carbocycles. The number of carbonyl (C=O) groups excluding carboxylic acids is 1. The minimum atomic E-state index is -0.0168. The van der Waals surface area contributed by atoms with E-state index in [2.05, 4.69) is 13.8 Å². The van der Waals surface area contributed by atoms with Crippen molar-refractivity contribution in [1.82, 2.24) is 0 Å². The number of nitrogens with two attached hydrogens (primary N) is 1. The molecule has 0 heterocycles. The van der Waals surface area contributed by atoms with Crippen LogP contribution in [0, 0.1) is 11.8 Å². The van der Waals surface area contributed by atoms with Crippen LogP contribution in [-0.4, -0.2) is 12.4 Å². The van der Waals surface area contributed by atoms with Gasteiger partial charge in [0.25, 0.3) is 0 Å². The van der Waals surface area contributed by atoms with E-state index in [0.29, 0.717) is 29.5 Å². The molecule has 1 aromatic rings. The van der Waals surface area contributed by atoms with Crippen LogP contribution in [0.3, 0.4) is 0 Å². The highest BCUT2D eigenvalue weighted by atomic mass is 16.5. The highest BCUT2D eigenvalue weighted by Crippen LogP contribution is 2.24. The molecule has 1 aromatic carbocycles. The molecule has 0 radical (unpaired) electrons. The lowest BCUT2D eigenvalue weighted by Gasteiger charge is -2.12. The molecule has 0 atom stereocenters. The largest absolute Gasteiger partial charge is 0.491 e. The van der Waals surface area contributed by atoms with Gasteiger partial charge in [-0.15, -0.1) is 0 Å². The van der Waals surface area contributed by atoms with E-state index in [1.54, 1.807) is 18.2 Å². The van der Waals surface area contributed by atoms with Crippen LogP contribution in [0.4, 0.5) is 5.69 Å². The van der Waals surface area contributed by atoms with Crippen molar-refractivity contribution < 1.29 is 9.53 Å². The molecule has 17 heavy (non-hydrogen) atoms. The Labute approximate surface area is 103 Å². The maximum atomic E-state index is 11.8. The number of hydrogen-bond acceptors (Lipinski definition) is 3. The van der Waals surface area contributed by atoms with Crippen LogP contribution in [0.2, 0.25) is 0 Å². The van der Waals surface area contributed by atoms with Crippen molar-refractivity contribution in [1.29, 1.82) is 0 Å². The molecule has 0 bridgehead atoms. The SMILES string of the molecule is CC(C)COc1ccc(C(=O)C(C)C)cc1N. The summed E-state index contributed by atoms with van der Waals surface area (Å²) in [4.78, 5) is 11.8. The lowest BCUT2D eigenvalue weighted by atomic mass is 10.0. The minimum Gasteiger partial charge on any atom is -0.491 e. The van der Waals surface area contributed by atoms with Crippen molar-refractivity contribution >= 4 is 11.5 Å². The number of ketones is 1. The number of rotatable bonds is 5. The Kier molecular flexibility index (Phi) is 4.55. The van der Waals surface area contributed by atoms with Gasteiger partial charge in [0.05, 0.1) is 12.3 Å². The molecule has 0 amide bonds. The third kappa shape index (κ3) is 3.77. The molecule has 0 aliphatic carbocycles. The first-order valence-electron chi connectivity index (χ1n) is 5.98. The maximum Gasteiger partial charge on any atom is 0.165 e. The molecular weight excluding hydrogens is 214 g/mol. The van der Waals surface area contributed by atoms with E-state index < -0.39 is 0 Å². The molecule has 3 heteroatoms. The summed E-state index contributed by atoms with van der Waals surface area (Å²) in [5, 5.41) is 0. The Hall–Kier alpha value is -1.51.